The summed E-state index contributed by atoms with van der Waals surface area (Å²) in [6.45, 7) is 0.967. The predicted molar refractivity (Wildman–Crippen MR) is 70.6 cm³/mol. The average Bonchev–Trinajstić information content (AvgIpc) is 2.93. The molecule has 1 saturated heterocycles. The molecule has 106 valence electrons. The Morgan fingerprint density at radius 1 is 1.45 bits per heavy atom. The maximum absolute atomic E-state index is 11.6. The lowest BCUT2D eigenvalue weighted by Gasteiger charge is -2.23. The Morgan fingerprint density at radius 3 is 2.75 bits per heavy atom. The molecular weight excluding hydrogens is 284 g/mol. The first-order valence-electron chi connectivity index (χ1n) is 5.91. The number of thioether (sulfide) groups is 1. The number of nitrogens with one attached hydrogen (secondary N) is 1. The van der Waals surface area contributed by atoms with E-state index in [9.17, 15) is 9.59 Å². The zero-order valence-electron chi connectivity index (χ0n) is 10.3. The topological polar surface area (TPSA) is 111 Å². The van der Waals surface area contributed by atoms with Crippen LogP contribution >= 0.6 is 11.8 Å². The van der Waals surface area contributed by atoms with Crippen LogP contribution in [-0.2, 0) is 14.3 Å². The van der Waals surface area contributed by atoms with E-state index in [1.54, 1.807) is 18.2 Å². The number of hydrogen-bond donors (Lipinski definition) is 3. The highest BCUT2D eigenvalue weighted by Gasteiger charge is 2.41. The van der Waals surface area contributed by atoms with Gasteiger partial charge in [0.1, 0.15) is 5.37 Å². The van der Waals surface area contributed by atoms with Crippen molar-refractivity contribution in [2.75, 3.05) is 13.2 Å². The SMILES string of the molecule is NC(=O)C1=C2C=CC3(C=C2SC1NC(=O)O)OCCO3. The number of hydrogen-bond acceptors (Lipinski definition) is 5. The van der Waals surface area contributed by atoms with Crippen LogP contribution in [-0.4, -0.2) is 41.5 Å². The molecule has 2 aliphatic heterocycles. The van der Waals surface area contributed by atoms with Crippen molar-refractivity contribution < 1.29 is 24.2 Å². The number of allylic oxidation sites excluding steroid dienone is 2. The Bertz CT molecular complexity index is 574. The molecule has 1 fully saturated rings. The fourth-order valence-electron chi connectivity index (χ4n) is 2.34. The third-order valence-electron chi connectivity index (χ3n) is 3.14. The number of ether oxygens (including phenoxy) is 2. The number of primary amides is 1. The van der Waals surface area contributed by atoms with Crippen LogP contribution in [0.4, 0.5) is 4.79 Å². The zero-order valence-corrected chi connectivity index (χ0v) is 11.1. The van der Waals surface area contributed by atoms with Crippen molar-refractivity contribution in [2.45, 2.75) is 11.2 Å². The van der Waals surface area contributed by atoms with Gasteiger partial charge in [0.15, 0.2) is 0 Å². The van der Waals surface area contributed by atoms with Gasteiger partial charge < -0.3 is 25.6 Å². The van der Waals surface area contributed by atoms with Crippen molar-refractivity contribution in [1.82, 2.24) is 5.32 Å². The van der Waals surface area contributed by atoms with Gasteiger partial charge in [-0.3, -0.25) is 4.79 Å². The second kappa shape index (κ2) is 4.65. The number of carboxylic acid groups (broad SMARTS) is 1. The van der Waals surface area contributed by atoms with Gasteiger partial charge in [-0.05, 0) is 17.7 Å². The first-order chi connectivity index (χ1) is 9.51. The Morgan fingerprint density at radius 2 is 2.15 bits per heavy atom. The molecule has 0 bridgehead atoms. The predicted octanol–water partition coefficient (Wildman–Crippen LogP) is 0.306. The molecule has 8 heteroatoms. The van der Waals surface area contributed by atoms with E-state index in [-0.39, 0.29) is 5.57 Å². The molecule has 0 saturated carbocycles. The first-order valence-corrected chi connectivity index (χ1v) is 6.79. The Balaban J connectivity index is 1.98. The molecule has 2 heterocycles. The van der Waals surface area contributed by atoms with E-state index in [0.717, 1.165) is 4.91 Å². The van der Waals surface area contributed by atoms with Crippen LogP contribution in [0.15, 0.2) is 34.3 Å². The summed E-state index contributed by atoms with van der Waals surface area (Å²) in [5.74, 6) is -1.56. The van der Waals surface area contributed by atoms with Gasteiger partial charge in [-0.15, -0.1) is 0 Å². The molecule has 4 N–H and O–H groups in total. The summed E-state index contributed by atoms with van der Waals surface area (Å²) < 4.78 is 11.1. The summed E-state index contributed by atoms with van der Waals surface area (Å²) in [5.41, 5.74) is 6.21. The second-order valence-corrected chi connectivity index (χ2v) is 5.55. The quantitative estimate of drug-likeness (QED) is 0.676. The molecular formula is C12H12N2O5S. The summed E-state index contributed by atoms with van der Waals surface area (Å²) in [7, 11) is 0. The standard InChI is InChI=1S/C12H12N2O5S/c13-9(15)8-6-1-2-12(18-3-4-19-12)5-7(6)20-10(8)14-11(16)17/h1-2,5,10,14H,3-4H2,(H2,13,15)(H,16,17). The monoisotopic (exact) mass is 296 g/mol. The molecule has 3 aliphatic rings. The summed E-state index contributed by atoms with van der Waals surface area (Å²) in [5, 5.41) is 10.4. The molecule has 0 aromatic heterocycles. The third kappa shape index (κ3) is 2.11. The summed E-state index contributed by atoms with van der Waals surface area (Å²) in [6.07, 6.45) is 3.92. The van der Waals surface area contributed by atoms with Crippen LogP contribution in [0.3, 0.4) is 0 Å². The molecule has 20 heavy (non-hydrogen) atoms. The van der Waals surface area contributed by atoms with Crippen LogP contribution in [0.25, 0.3) is 0 Å². The minimum Gasteiger partial charge on any atom is -0.465 e. The third-order valence-corrected chi connectivity index (χ3v) is 4.32. The van der Waals surface area contributed by atoms with Crippen molar-refractivity contribution >= 4 is 23.8 Å². The number of nitrogens with two attached hydrogens (primary N) is 1. The maximum Gasteiger partial charge on any atom is 0.405 e. The van der Waals surface area contributed by atoms with E-state index in [4.69, 9.17) is 20.3 Å². The Hall–Kier alpha value is -1.77. The second-order valence-electron chi connectivity index (χ2n) is 4.40. The minimum absolute atomic E-state index is 0.243. The summed E-state index contributed by atoms with van der Waals surface area (Å²) >= 11 is 1.20. The highest BCUT2D eigenvalue weighted by molar-refractivity contribution is 8.04. The molecule has 1 atom stereocenters. The molecule has 2 amide bonds. The smallest absolute Gasteiger partial charge is 0.405 e. The van der Waals surface area contributed by atoms with Crippen LogP contribution in [0, 0.1) is 0 Å². The van der Waals surface area contributed by atoms with E-state index in [2.05, 4.69) is 5.32 Å². The largest absolute Gasteiger partial charge is 0.465 e. The van der Waals surface area contributed by atoms with Gasteiger partial charge in [-0.1, -0.05) is 17.8 Å². The van der Waals surface area contributed by atoms with Gasteiger partial charge in [-0.2, -0.15) is 0 Å². The van der Waals surface area contributed by atoms with E-state index in [1.807, 2.05) is 0 Å². The number of rotatable bonds is 2. The lowest BCUT2D eigenvalue weighted by Crippen LogP contribution is -2.35. The first kappa shape index (κ1) is 13.2. The number of carbonyl (C=O) groups excluding carboxylic acids is 1. The van der Waals surface area contributed by atoms with Gasteiger partial charge in [-0.25, -0.2) is 4.79 Å². The molecule has 0 radical (unpaired) electrons. The van der Waals surface area contributed by atoms with Crippen molar-refractivity contribution in [2.24, 2.45) is 5.73 Å². The van der Waals surface area contributed by atoms with Crippen LogP contribution in [0.5, 0.6) is 0 Å². The summed E-state index contributed by atoms with van der Waals surface area (Å²) in [4.78, 5) is 23.1. The minimum atomic E-state index is -1.21. The highest BCUT2D eigenvalue weighted by Crippen LogP contribution is 2.46. The van der Waals surface area contributed by atoms with Gasteiger partial charge in [0.25, 0.3) is 0 Å². The highest BCUT2D eigenvalue weighted by atomic mass is 32.2. The number of fused-ring (bicyclic) bond motifs is 1. The van der Waals surface area contributed by atoms with Crippen molar-refractivity contribution in [3.8, 4) is 0 Å². The zero-order chi connectivity index (χ0) is 14.3. The maximum atomic E-state index is 11.6. The van der Waals surface area contributed by atoms with Gasteiger partial charge in [0, 0.05) is 4.91 Å². The molecule has 0 aromatic carbocycles. The molecule has 0 aromatic rings. The van der Waals surface area contributed by atoms with Crippen molar-refractivity contribution in [3.05, 3.63) is 34.3 Å². The van der Waals surface area contributed by atoms with Crippen LogP contribution in [0.2, 0.25) is 0 Å². The van der Waals surface area contributed by atoms with E-state index in [0.29, 0.717) is 18.8 Å². The van der Waals surface area contributed by atoms with Gasteiger partial charge >= 0.3 is 6.09 Å². The Kier molecular flexibility index (Phi) is 3.08. The van der Waals surface area contributed by atoms with Crippen LogP contribution in [0.1, 0.15) is 0 Å². The van der Waals surface area contributed by atoms with Crippen LogP contribution < -0.4 is 11.1 Å². The molecule has 1 unspecified atom stereocenters. The molecule has 1 spiro atoms. The van der Waals surface area contributed by atoms with Crippen molar-refractivity contribution in [3.63, 3.8) is 0 Å². The normalized spacial score (nSPS) is 26.6. The average molecular weight is 296 g/mol. The van der Waals surface area contributed by atoms with E-state index >= 15 is 0 Å². The van der Waals surface area contributed by atoms with Gasteiger partial charge in [0.05, 0.1) is 18.8 Å². The molecule has 7 nitrogen and oxygen atoms in total. The Labute approximate surface area is 118 Å². The number of carbonyl (C=O) groups is 2. The molecule has 1 aliphatic carbocycles. The van der Waals surface area contributed by atoms with E-state index < -0.39 is 23.2 Å². The molecule has 3 rings (SSSR count). The summed E-state index contributed by atoms with van der Waals surface area (Å²) in [6, 6.07) is 0. The lowest BCUT2D eigenvalue weighted by atomic mass is 9.99. The fourth-order valence-corrected chi connectivity index (χ4v) is 3.65. The lowest BCUT2D eigenvalue weighted by molar-refractivity contribution is -0.114. The van der Waals surface area contributed by atoms with E-state index in [1.165, 1.54) is 11.8 Å². The van der Waals surface area contributed by atoms with Gasteiger partial charge in [0.2, 0.25) is 11.7 Å². The fraction of sp³-hybridized carbons (Fsp3) is 0.333. The van der Waals surface area contributed by atoms with Crippen molar-refractivity contribution in [1.29, 1.82) is 0 Å². The number of amides is 2.